The van der Waals surface area contributed by atoms with Crippen LogP contribution in [0.2, 0.25) is 0 Å². The summed E-state index contributed by atoms with van der Waals surface area (Å²) < 4.78 is 17.7. The highest BCUT2D eigenvalue weighted by molar-refractivity contribution is 8.13. The molecule has 2 aliphatic heterocycles. The predicted molar refractivity (Wildman–Crippen MR) is 122 cm³/mol. The van der Waals surface area contributed by atoms with Crippen LogP contribution in [0.4, 0.5) is 4.79 Å². The van der Waals surface area contributed by atoms with Crippen LogP contribution in [0.5, 0.6) is 5.75 Å². The van der Waals surface area contributed by atoms with Crippen LogP contribution < -0.4 is 4.74 Å². The van der Waals surface area contributed by atoms with Gasteiger partial charge in [0.05, 0.1) is 25.4 Å². The summed E-state index contributed by atoms with van der Waals surface area (Å²) in [4.78, 5) is 14.6. The van der Waals surface area contributed by atoms with Gasteiger partial charge in [-0.2, -0.15) is 0 Å². The SMILES string of the molecule is CC#C[C@@H](C)CC[C@@H]1C[C@H](O)C[C@](OC)([C@@H]2CSC(=O)N2Cc2ccc(OC)cc2)O1. The minimum Gasteiger partial charge on any atom is -0.497 e. The molecule has 2 heterocycles. The summed E-state index contributed by atoms with van der Waals surface area (Å²) in [5, 5.41) is 10.7. The number of amides is 1. The van der Waals surface area contributed by atoms with Gasteiger partial charge in [0, 0.05) is 31.7 Å². The second-order valence-corrected chi connectivity index (χ2v) is 9.26. The minimum absolute atomic E-state index is 0.00398. The Kier molecular flexibility index (Phi) is 8.29. The van der Waals surface area contributed by atoms with Crippen molar-refractivity contribution in [2.24, 2.45) is 5.92 Å². The van der Waals surface area contributed by atoms with Crippen molar-refractivity contribution in [3.8, 4) is 17.6 Å². The van der Waals surface area contributed by atoms with Gasteiger partial charge in [-0.3, -0.25) is 4.79 Å². The maximum absolute atomic E-state index is 12.7. The second kappa shape index (κ2) is 10.7. The lowest BCUT2D eigenvalue weighted by molar-refractivity contribution is -0.305. The van der Waals surface area contributed by atoms with Gasteiger partial charge in [0.25, 0.3) is 5.24 Å². The van der Waals surface area contributed by atoms with Crippen LogP contribution in [-0.2, 0) is 16.0 Å². The second-order valence-electron chi connectivity index (χ2n) is 8.29. The molecule has 2 saturated heterocycles. The number of hydrogen-bond donors (Lipinski definition) is 1. The van der Waals surface area contributed by atoms with Crippen LogP contribution in [0, 0.1) is 17.8 Å². The number of aliphatic hydroxyl groups is 1. The Morgan fingerprint density at radius 3 is 2.74 bits per heavy atom. The number of rotatable bonds is 8. The first kappa shape index (κ1) is 23.9. The van der Waals surface area contributed by atoms with E-state index in [1.165, 1.54) is 11.8 Å². The van der Waals surface area contributed by atoms with Crippen LogP contribution in [0.15, 0.2) is 24.3 Å². The highest BCUT2D eigenvalue weighted by Gasteiger charge is 2.53. The Morgan fingerprint density at radius 2 is 2.10 bits per heavy atom. The van der Waals surface area contributed by atoms with E-state index in [0.717, 1.165) is 24.2 Å². The molecule has 170 valence electrons. The molecule has 6 nitrogen and oxygen atoms in total. The maximum atomic E-state index is 12.7. The smallest absolute Gasteiger partial charge is 0.282 e. The Hall–Kier alpha value is -1.72. The van der Waals surface area contributed by atoms with Crippen molar-refractivity contribution >= 4 is 17.0 Å². The third kappa shape index (κ3) is 5.75. The summed E-state index contributed by atoms with van der Waals surface area (Å²) in [6.45, 7) is 4.40. The van der Waals surface area contributed by atoms with Crippen molar-refractivity contribution in [1.82, 2.24) is 4.90 Å². The van der Waals surface area contributed by atoms with Crippen LogP contribution in [0.1, 0.15) is 45.1 Å². The number of carbonyl (C=O) groups excluding carboxylic acids is 1. The van der Waals surface area contributed by atoms with Gasteiger partial charge in [0.1, 0.15) is 5.75 Å². The third-order valence-electron chi connectivity index (χ3n) is 6.07. The number of hydrogen-bond acceptors (Lipinski definition) is 6. The molecule has 5 atom stereocenters. The van der Waals surface area contributed by atoms with Crippen molar-refractivity contribution in [2.75, 3.05) is 20.0 Å². The van der Waals surface area contributed by atoms with Gasteiger partial charge in [-0.15, -0.1) is 11.8 Å². The molecule has 0 saturated carbocycles. The molecule has 0 unspecified atom stereocenters. The summed E-state index contributed by atoms with van der Waals surface area (Å²) in [7, 11) is 3.24. The zero-order valence-corrected chi connectivity index (χ0v) is 19.6. The Bertz CT molecular complexity index is 804. The monoisotopic (exact) mass is 447 g/mol. The maximum Gasteiger partial charge on any atom is 0.282 e. The van der Waals surface area contributed by atoms with E-state index in [2.05, 4.69) is 18.8 Å². The molecule has 1 N–H and O–H groups in total. The van der Waals surface area contributed by atoms with E-state index in [0.29, 0.717) is 25.1 Å². The van der Waals surface area contributed by atoms with Crippen molar-refractivity contribution in [3.05, 3.63) is 29.8 Å². The van der Waals surface area contributed by atoms with Gasteiger partial charge in [0.15, 0.2) is 5.79 Å². The fourth-order valence-corrected chi connectivity index (χ4v) is 5.52. The first-order valence-corrected chi connectivity index (χ1v) is 11.8. The molecular formula is C24H33NO5S. The van der Waals surface area contributed by atoms with Crippen molar-refractivity contribution in [1.29, 1.82) is 0 Å². The molecular weight excluding hydrogens is 414 g/mol. The molecule has 0 aromatic heterocycles. The number of aliphatic hydroxyl groups excluding tert-OH is 1. The standard InChI is InChI=1S/C24H33NO5S/c1-5-6-17(2)7-10-21-13-19(26)14-24(29-4,30-21)22-16-31-23(27)25(22)15-18-8-11-20(28-3)12-9-18/h8-9,11-12,17,19,21-22,26H,7,10,13-16H2,1-4H3/t17-,19+,21-,22+,24-/m1/s1. The lowest BCUT2D eigenvalue weighted by Crippen LogP contribution is -2.60. The van der Waals surface area contributed by atoms with Crippen molar-refractivity contribution < 1.29 is 24.1 Å². The van der Waals surface area contributed by atoms with Crippen molar-refractivity contribution in [3.63, 3.8) is 0 Å². The molecule has 31 heavy (non-hydrogen) atoms. The summed E-state index contributed by atoms with van der Waals surface area (Å²) in [5.41, 5.74) is 1.01. The molecule has 2 fully saturated rings. The average molecular weight is 448 g/mol. The normalized spacial score (nSPS) is 29.4. The summed E-state index contributed by atoms with van der Waals surface area (Å²) in [6, 6.07) is 7.42. The van der Waals surface area contributed by atoms with E-state index >= 15 is 0 Å². The van der Waals surface area contributed by atoms with Crippen LogP contribution >= 0.6 is 11.8 Å². The molecule has 2 aliphatic rings. The van der Waals surface area contributed by atoms with E-state index in [-0.39, 0.29) is 23.3 Å². The molecule has 1 amide bonds. The van der Waals surface area contributed by atoms with Crippen LogP contribution in [0.3, 0.4) is 0 Å². The molecule has 0 aliphatic carbocycles. The molecule has 3 rings (SSSR count). The fourth-order valence-electron chi connectivity index (χ4n) is 4.42. The zero-order chi connectivity index (χ0) is 22.4. The topological polar surface area (TPSA) is 68.2 Å². The number of thioether (sulfide) groups is 1. The zero-order valence-electron chi connectivity index (χ0n) is 18.8. The van der Waals surface area contributed by atoms with Gasteiger partial charge >= 0.3 is 0 Å². The Labute approximate surface area is 189 Å². The van der Waals surface area contributed by atoms with E-state index in [1.807, 2.05) is 36.1 Å². The number of benzene rings is 1. The molecule has 1 aromatic rings. The van der Waals surface area contributed by atoms with Crippen LogP contribution in [-0.4, -0.2) is 59.3 Å². The summed E-state index contributed by atoms with van der Waals surface area (Å²) in [6.07, 6.45) is 1.95. The van der Waals surface area contributed by atoms with Gasteiger partial charge in [-0.25, -0.2) is 0 Å². The molecule has 7 heteroatoms. The number of carbonyl (C=O) groups is 1. The van der Waals surface area contributed by atoms with Gasteiger partial charge in [-0.1, -0.05) is 30.8 Å². The third-order valence-corrected chi connectivity index (χ3v) is 7.04. The summed E-state index contributed by atoms with van der Waals surface area (Å²) in [5.74, 6) is 6.73. The van der Waals surface area contributed by atoms with Gasteiger partial charge in [0.2, 0.25) is 0 Å². The van der Waals surface area contributed by atoms with E-state index in [9.17, 15) is 9.90 Å². The molecule has 1 aromatic carbocycles. The Morgan fingerprint density at radius 1 is 1.35 bits per heavy atom. The first-order valence-electron chi connectivity index (χ1n) is 10.8. The lowest BCUT2D eigenvalue weighted by Gasteiger charge is -2.47. The van der Waals surface area contributed by atoms with Gasteiger partial charge in [-0.05, 0) is 43.9 Å². The average Bonchev–Trinajstić information content (AvgIpc) is 3.13. The van der Waals surface area contributed by atoms with E-state index in [1.54, 1.807) is 14.2 Å². The fraction of sp³-hybridized carbons (Fsp3) is 0.625. The molecule has 0 spiro atoms. The highest BCUT2D eigenvalue weighted by Crippen LogP contribution is 2.42. The van der Waals surface area contributed by atoms with Crippen molar-refractivity contribution in [2.45, 2.75) is 70.1 Å². The largest absolute Gasteiger partial charge is 0.497 e. The molecule has 0 bridgehead atoms. The highest BCUT2D eigenvalue weighted by atomic mass is 32.2. The van der Waals surface area contributed by atoms with E-state index in [4.69, 9.17) is 14.2 Å². The minimum atomic E-state index is -1.02. The summed E-state index contributed by atoms with van der Waals surface area (Å²) >= 11 is 1.28. The number of nitrogens with zero attached hydrogens (tertiary/aromatic N) is 1. The quantitative estimate of drug-likeness (QED) is 0.607. The number of ether oxygens (including phenoxy) is 3. The van der Waals surface area contributed by atoms with Crippen LogP contribution in [0.25, 0.3) is 0 Å². The van der Waals surface area contributed by atoms with E-state index < -0.39 is 11.9 Å². The molecule has 0 radical (unpaired) electrons. The Balaban J connectivity index is 1.76. The first-order chi connectivity index (χ1) is 14.9. The lowest BCUT2D eigenvalue weighted by atomic mass is 9.90. The predicted octanol–water partition coefficient (Wildman–Crippen LogP) is 4.05. The van der Waals surface area contributed by atoms with Gasteiger partial charge < -0.3 is 24.2 Å². The number of methoxy groups -OCH3 is 2.